The van der Waals surface area contributed by atoms with Crippen LogP contribution >= 0.6 is 0 Å². The molecule has 5 heteroatoms. The first-order valence-electron chi connectivity index (χ1n) is 8.51. The fourth-order valence-corrected chi connectivity index (χ4v) is 3.57. The van der Waals surface area contributed by atoms with Gasteiger partial charge in [-0.1, -0.05) is 30.3 Å². The third-order valence-corrected chi connectivity index (χ3v) is 4.85. The van der Waals surface area contributed by atoms with E-state index < -0.39 is 0 Å². The van der Waals surface area contributed by atoms with Crippen LogP contribution in [0, 0.1) is 11.3 Å². The smallest absolute Gasteiger partial charge is 0.254 e. The van der Waals surface area contributed by atoms with E-state index in [0.717, 1.165) is 11.1 Å². The normalized spacial score (nSPS) is 16.0. The zero-order chi connectivity index (χ0) is 18.1. The Morgan fingerprint density at radius 3 is 2.85 bits per heavy atom. The van der Waals surface area contributed by atoms with Crippen LogP contribution in [0.4, 0.5) is 0 Å². The van der Waals surface area contributed by atoms with E-state index >= 15 is 0 Å². The van der Waals surface area contributed by atoms with E-state index in [1.165, 1.54) is 5.56 Å². The molecule has 1 aliphatic heterocycles. The average molecular weight is 342 g/mol. The molecule has 2 aromatic carbocycles. The van der Waals surface area contributed by atoms with Crippen molar-refractivity contribution in [2.75, 3.05) is 6.54 Å². The zero-order valence-electron chi connectivity index (χ0n) is 14.5. The molecular weight excluding hydrogens is 324 g/mol. The van der Waals surface area contributed by atoms with Crippen LogP contribution in [0.1, 0.15) is 38.5 Å². The van der Waals surface area contributed by atoms with Gasteiger partial charge in [-0.05, 0) is 34.9 Å². The maximum atomic E-state index is 13.1. The molecule has 2 heterocycles. The minimum atomic E-state index is -0.0505. The molecule has 0 saturated carbocycles. The Hall–Kier alpha value is -3.39. The number of carbonyl (C=O) groups excluding carboxylic acids is 1. The van der Waals surface area contributed by atoms with Crippen molar-refractivity contribution in [3.63, 3.8) is 0 Å². The number of fused-ring (bicyclic) bond motifs is 1. The summed E-state index contributed by atoms with van der Waals surface area (Å²) in [7, 11) is 1.90. The number of aromatic nitrogens is 2. The molecule has 128 valence electrons. The lowest BCUT2D eigenvalue weighted by Gasteiger charge is -2.34. The van der Waals surface area contributed by atoms with Gasteiger partial charge in [-0.25, -0.2) is 0 Å². The molecule has 0 radical (unpaired) electrons. The van der Waals surface area contributed by atoms with Gasteiger partial charge in [0.1, 0.15) is 0 Å². The van der Waals surface area contributed by atoms with Crippen molar-refractivity contribution in [1.29, 1.82) is 5.26 Å². The second kappa shape index (κ2) is 6.49. The predicted octanol–water partition coefficient (Wildman–Crippen LogP) is 3.08. The molecule has 3 aromatic rings. The third kappa shape index (κ3) is 2.86. The topological polar surface area (TPSA) is 61.9 Å². The predicted molar refractivity (Wildman–Crippen MR) is 97.4 cm³/mol. The van der Waals surface area contributed by atoms with E-state index in [0.29, 0.717) is 24.2 Å². The van der Waals surface area contributed by atoms with Gasteiger partial charge in [0.05, 0.1) is 17.8 Å². The highest BCUT2D eigenvalue weighted by atomic mass is 16.2. The van der Waals surface area contributed by atoms with Crippen LogP contribution in [-0.4, -0.2) is 27.1 Å². The number of amides is 1. The van der Waals surface area contributed by atoms with Gasteiger partial charge in [0.25, 0.3) is 5.91 Å². The maximum Gasteiger partial charge on any atom is 0.254 e. The second-order valence-electron chi connectivity index (χ2n) is 6.58. The summed E-state index contributed by atoms with van der Waals surface area (Å²) < 4.78 is 1.79. The van der Waals surface area contributed by atoms with Gasteiger partial charge in [0.2, 0.25) is 0 Å². The fourth-order valence-electron chi connectivity index (χ4n) is 3.57. The Bertz CT molecular complexity index is 1010. The van der Waals surface area contributed by atoms with Crippen LogP contribution in [0.5, 0.6) is 0 Å². The van der Waals surface area contributed by atoms with Crippen molar-refractivity contribution in [3.8, 4) is 6.07 Å². The number of nitriles is 1. The van der Waals surface area contributed by atoms with Crippen molar-refractivity contribution >= 4 is 5.91 Å². The monoisotopic (exact) mass is 342 g/mol. The maximum absolute atomic E-state index is 13.1. The van der Waals surface area contributed by atoms with Crippen LogP contribution in [0.3, 0.4) is 0 Å². The first-order chi connectivity index (χ1) is 12.7. The molecule has 1 amide bonds. The molecule has 26 heavy (non-hydrogen) atoms. The number of hydrogen-bond acceptors (Lipinski definition) is 3. The Kier molecular flexibility index (Phi) is 4.02. The molecular formula is C21H18N4O. The minimum absolute atomic E-state index is 0.0505. The van der Waals surface area contributed by atoms with E-state index in [9.17, 15) is 4.79 Å². The van der Waals surface area contributed by atoms with Crippen LogP contribution in [-0.2, 0) is 13.6 Å². The Balaban J connectivity index is 1.71. The quantitative estimate of drug-likeness (QED) is 0.719. The summed E-state index contributed by atoms with van der Waals surface area (Å²) in [5.41, 5.74) is 4.54. The lowest BCUT2D eigenvalue weighted by Crippen LogP contribution is -2.38. The van der Waals surface area contributed by atoms with Crippen molar-refractivity contribution in [2.24, 2.45) is 7.05 Å². The highest BCUT2D eigenvalue weighted by Gasteiger charge is 2.30. The molecule has 1 aliphatic rings. The number of nitrogens with zero attached hydrogens (tertiary/aromatic N) is 4. The first-order valence-corrected chi connectivity index (χ1v) is 8.51. The van der Waals surface area contributed by atoms with Gasteiger partial charge in [0, 0.05) is 37.8 Å². The van der Waals surface area contributed by atoms with E-state index in [1.807, 2.05) is 36.5 Å². The molecule has 1 aromatic heterocycles. The summed E-state index contributed by atoms with van der Waals surface area (Å²) >= 11 is 0. The largest absolute Gasteiger partial charge is 0.333 e. The number of rotatable bonds is 2. The summed E-state index contributed by atoms with van der Waals surface area (Å²) in [4.78, 5) is 14.9. The molecule has 1 unspecified atom stereocenters. The van der Waals surface area contributed by atoms with Gasteiger partial charge in [0.15, 0.2) is 0 Å². The molecule has 5 nitrogen and oxygen atoms in total. The van der Waals surface area contributed by atoms with Crippen molar-refractivity contribution in [1.82, 2.24) is 14.7 Å². The molecule has 0 saturated heterocycles. The third-order valence-electron chi connectivity index (χ3n) is 4.85. The van der Waals surface area contributed by atoms with Crippen LogP contribution in [0.15, 0.2) is 60.9 Å². The van der Waals surface area contributed by atoms with Crippen LogP contribution in [0.2, 0.25) is 0 Å². The van der Waals surface area contributed by atoms with Gasteiger partial charge in [-0.3, -0.25) is 9.48 Å². The first kappa shape index (κ1) is 16.1. The molecule has 0 aliphatic carbocycles. The van der Waals surface area contributed by atoms with Crippen molar-refractivity contribution in [3.05, 3.63) is 88.7 Å². The summed E-state index contributed by atoms with van der Waals surface area (Å²) in [6.07, 6.45) is 3.87. The van der Waals surface area contributed by atoms with E-state index in [4.69, 9.17) is 5.26 Å². The summed E-state index contributed by atoms with van der Waals surface area (Å²) in [5, 5.41) is 13.4. The second-order valence-corrected chi connectivity index (χ2v) is 6.58. The van der Waals surface area contributed by atoms with Gasteiger partial charge in [-0.2, -0.15) is 10.4 Å². The van der Waals surface area contributed by atoms with E-state index in [2.05, 4.69) is 23.3 Å². The Labute approximate surface area is 152 Å². The van der Waals surface area contributed by atoms with E-state index in [-0.39, 0.29) is 11.8 Å². The molecule has 4 rings (SSSR count). The molecule has 1 atom stereocenters. The van der Waals surface area contributed by atoms with Gasteiger partial charge >= 0.3 is 0 Å². The summed E-state index contributed by atoms with van der Waals surface area (Å²) in [6.45, 7) is 1.17. The van der Waals surface area contributed by atoms with Crippen molar-refractivity contribution < 1.29 is 4.79 Å². The van der Waals surface area contributed by atoms with Crippen LogP contribution in [0.25, 0.3) is 0 Å². The van der Waals surface area contributed by atoms with E-state index in [1.54, 1.807) is 28.9 Å². The number of carbonyl (C=O) groups is 1. The lowest BCUT2D eigenvalue weighted by molar-refractivity contribution is 0.0725. The minimum Gasteiger partial charge on any atom is -0.333 e. The Morgan fingerprint density at radius 2 is 2.08 bits per heavy atom. The molecule has 0 N–H and O–H groups in total. The molecule has 0 spiro atoms. The number of benzene rings is 2. The highest BCUT2D eigenvalue weighted by Crippen LogP contribution is 2.33. The Morgan fingerprint density at radius 1 is 1.23 bits per heavy atom. The number of hydrogen-bond donors (Lipinski definition) is 0. The standard InChI is InChI=1S/C21H18N4O/c1-24-12-18(11-23-24)20-14-25(13-17-6-2-3-8-19(17)20)21(26)16-7-4-5-15(9-16)10-22/h2-9,11-12,20H,13-14H2,1H3. The fraction of sp³-hybridized carbons (Fsp3) is 0.190. The zero-order valence-corrected chi connectivity index (χ0v) is 14.5. The molecule has 0 bridgehead atoms. The summed E-state index contributed by atoms with van der Waals surface area (Å²) in [6, 6.07) is 17.2. The highest BCUT2D eigenvalue weighted by molar-refractivity contribution is 5.94. The van der Waals surface area contributed by atoms with Crippen LogP contribution < -0.4 is 0 Å². The SMILES string of the molecule is Cn1cc(C2CN(C(=O)c3cccc(C#N)c3)Cc3ccccc32)cn1. The summed E-state index contributed by atoms with van der Waals surface area (Å²) in [5.74, 6) is 0.0437. The van der Waals surface area contributed by atoms with Gasteiger partial charge < -0.3 is 4.90 Å². The number of aryl methyl sites for hydroxylation is 1. The van der Waals surface area contributed by atoms with Crippen molar-refractivity contribution in [2.45, 2.75) is 12.5 Å². The molecule has 0 fully saturated rings. The average Bonchev–Trinajstić information content (AvgIpc) is 3.12. The van der Waals surface area contributed by atoms with Gasteiger partial charge in [-0.15, -0.1) is 0 Å². The lowest BCUT2D eigenvalue weighted by atomic mass is 9.86.